The third-order valence-corrected chi connectivity index (χ3v) is 1.73. The summed E-state index contributed by atoms with van der Waals surface area (Å²) in [7, 11) is 0. The number of pyridine rings is 1. The molecule has 78 valence electrons. The summed E-state index contributed by atoms with van der Waals surface area (Å²) in [6, 6.07) is 2.45. The third-order valence-electron chi connectivity index (χ3n) is 1.73. The number of nitriles is 1. The molecule has 1 aromatic rings. The predicted octanol–water partition coefficient (Wildman–Crippen LogP) is 1.90. The molecule has 0 bridgehead atoms. The van der Waals surface area contributed by atoms with Gasteiger partial charge in [-0.3, -0.25) is 0 Å². The normalized spacial score (nSPS) is 10.1. The standard InChI is InChI=1S/C9H6F2N2O2/c1-4-2-5(8(10)11)7(9(14)15)6(3-12)13-4/h2,8H,1H3,(H,14,15). The van der Waals surface area contributed by atoms with Gasteiger partial charge in [0.05, 0.1) is 0 Å². The summed E-state index contributed by atoms with van der Waals surface area (Å²) in [6.07, 6.45) is -2.94. The van der Waals surface area contributed by atoms with Gasteiger partial charge in [-0.2, -0.15) is 5.26 Å². The van der Waals surface area contributed by atoms with Crippen LogP contribution in [-0.4, -0.2) is 16.1 Å². The molecule has 0 atom stereocenters. The van der Waals surface area contributed by atoms with Gasteiger partial charge in [-0.15, -0.1) is 0 Å². The highest BCUT2D eigenvalue weighted by molar-refractivity contribution is 5.91. The van der Waals surface area contributed by atoms with E-state index >= 15 is 0 Å². The van der Waals surface area contributed by atoms with Crippen LogP contribution in [0.25, 0.3) is 0 Å². The van der Waals surface area contributed by atoms with E-state index in [2.05, 4.69) is 4.98 Å². The number of aromatic nitrogens is 1. The highest BCUT2D eigenvalue weighted by atomic mass is 19.3. The van der Waals surface area contributed by atoms with Crippen molar-refractivity contribution in [3.63, 3.8) is 0 Å². The molecule has 15 heavy (non-hydrogen) atoms. The van der Waals surface area contributed by atoms with Gasteiger partial charge in [0.15, 0.2) is 5.69 Å². The van der Waals surface area contributed by atoms with Crippen LogP contribution >= 0.6 is 0 Å². The lowest BCUT2D eigenvalue weighted by Gasteiger charge is -2.07. The number of carboxylic acids is 1. The van der Waals surface area contributed by atoms with E-state index < -0.39 is 29.2 Å². The summed E-state index contributed by atoms with van der Waals surface area (Å²) in [5.41, 5.74) is -1.70. The van der Waals surface area contributed by atoms with Crippen molar-refractivity contribution in [2.45, 2.75) is 13.3 Å². The molecule has 4 nitrogen and oxygen atoms in total. The van der Waals surface area contributed by atoms with Gasteiger partial charge in [-0.25, -0.2) is 18.6 Å². The SMILES string of the molecule is Cc1cc(C(F)F)c(C(=O)O)c(C#N)n1. The van der Waals surface area contributed by atoms with E-state index in [0.717, 1.165) is 6.07 Å². The van der Waals surface area contributed by atoms with Crippen molar-refractivity contribution in [1.82, 2.24) is 4.98 Å². The number of carboxylic acid groups (broad SMARTS) is 1. The van der Waals surface area contributed by atoms with Crippen LogP contribution in [0.5, 0.6) is 0 Å². The highest BCUT2D eigenvalue weighted by Gasteiger charge is 2.23. The van der Waals surface area contributed by atoms with Gasteiger partial charge >= 0.3 is 5.97 Å². The molecule has 0 unspecified atom stereocenters. The van der Waals surface area contributed by atoms with Gasteiger partial charge in [0.1, 0.15) is 11.6 Å². The van der Waals surface area contributed by atoms with E-state index in [0.29, 0.717) is 0 Å². The fourth-order valence-electron chi connectivity index (χ4n) is 1.18. The summed E-state index contributed by atoms with van der Waals surface area (Å²) in [5, 5.41) is 17.3. The minimum atomic E-state index is -2.94. The Bertz CT molecular complexity index is 452. The maximum atomic E-state index is 12.5. The number of aromatic carboxylic acids is 1. The Morgan fingerprint density at radius 2 is 2.27 bits per heavy atom. The van der Waals surface area contributed by atoms with Crippen molar-refractivity contribution in [2.75, 3.05) is 0 Å². The van der Waals surface area contributed by atoms with Crippen LogP contribution in [0.3, 0.4) is 0 Å². The van der Waals surface area contributed by atoms with Crippen LogP contribution in [0.2, 0.25) is 0 Å². The molecule has 1 aromatic heterocycles. The Morgan fingerprint density at radius 3 is 2.67 bits per heavy atom. The van der Waals surface area contributed by atoms with Crippen LogP contribution in [0.4, 0.5) is 8.78 Å². The first-order valence-corrected chi connectivity index (χ1v) is 3.90. The minimum absolute atomic E-state index is 0.187. The molecule has 0 aliphatic heterocycles. The Hall–Kier alpha value is -2.03. The lowest BCUT2D eigenvalue weighted by molar-refractivity contribution is 0.0683. The van der Waals surface area contributed by atoms with E-state index in [1.807, 2.05) is 0 Å². The van der Waals surface area contributed by atoms with Crippen LogP contribution in [-0.2, 0) is 0 Å². The molecule has 0 aromatic carbocycles. The van der Waals surface area contributed by atoms with Gasteiger partial charge < -0.3 is 5.11 Å². The summed E-state index contributed by atoms with van der Waals surface area (Å²) in [4.78, 5) is 14.3. The molecule has 0 radical (unpaired) electrons. The first-order valence-electron chi connectivity index (χ1n) is 3.90. The quantitative estimate of drug-likeness (QED) is 0.812. The first kappa shape index (κ1) is 11.0. The number of halogens is 2. The minimum Gasteiger partial charge on any atom is -0.478 e. The average molecular weight is 212 g/mol. The zero-order valence-electron chi connectivity index (χ0n) is 7.66. The Balaban J connectivity index is 3.56. The number of alkyl halides is 2. The van der Waals surface area contributed by atoms with E-state index in [-0.39, 0.29) is 5.69 Å². The summed E-state index contributed by atoms with van der Waals surface area (Å²) >= 11 is 0. The molecule has 1 N–H and O–H groups in total. The van der Waals surface area contributed by atoms with Gasteiger partial charge in [-0.05, 0) is 13.0 Å². The molecule has 0 saturated heterocycles. The number of hydrogen-bond acceptors (Lipinski definition) is 3. The fourth-order valence-corrected chi connectivity index (χ4v) is 1.18. The molecule has 0 aliphatic rings. The summed E-state index contributed by atoms with van der Waals surface area (Å²) < 4.78 is 25.0. The van der Waals surface area contributed by atoms with Crippen molar-refractivity contribution in [3.8, 4) is 6.07 Å². The first-order chi connectivity index (χ1) is 6.97. The molecule has 1 rings (SSSR count). The predicted molar refractivity (Wildman–Crippen MR) is 45.6 cm³/mol. The zero-order chi connectivity index (χ0) is 11.6. The number of carbonyl (C=O) groups is 1. The Morgan fingerprint density at radius 1 is 1.67 bits per heavy atom. The second-order valence-electron chi connectivity index (χ2n) is 2.79. The lowest BCUT2D eigenvalue weighted by Crippen LogP contribution is -2.09. The van der Waals surface area contributed by atoms with Crippen molar-refractivity contribution in [3.05, 3.63) is 28.6 Å². The van der Waals surface area contributed by atoms with Gasteiger partial charge in [0.2, 0.25) is 0 Å². The smallest absolute Gasteiger partial charge is 0.339 e. The Labute approximate surface area is 83.8 Å². The number of aryl methyl sites for hydroxylation is 1. The summed E-state index contributed by atoms with van der Waals surface area (Å²) in [5.74, 6) is -1.57. The van der Waals surface area contributed by atoms with Crippen LogP contribution in [0, 0.1) is 18.3 Å². The molecule has 0 spiro atoms. The van der Waals surface area contributed by atoms with E-state index in [9.17, 15) is 13.6 Å². The Kier molecular flexibility index (Phi) is 2.95. The molecular weight excluding hydrogens is 206 g/mol. The molecule has 1 heterocycles. The van der Waals surface area contributed by atoms with Gasteiger partial charge in [-0.1, -0.05) is 0 Å². The average Bonchev–Trinajstić information content (AvgIpc) is 2.15. The highest BCUT2D eigenvalue weighted by Crippen LogP contribution is 2.25. The van der Waals surface area contributed by atoms with Gasteiger partial charge in [0.25, 0.3) is 6.43 Å². The lowest BCUT2D eigenvalue weighted by atomic mass is 10.1. The van der Waals surface area contributed by atoms with E-state index in [1.54, 1.807) is 0 Å². The number of rotatable bonds is 2. The molecule has 6 heteroatoms. The van der Waals surface area contributed by atoms with Crippen molar-refractivity contribution in [1.29, 1.82) is 5.26 Å². The maximum absolute atomic E-state index is 12.5. The topological polar surface area (TPSA) is 74.0 Å². The van der Waals surface area contributed by atoms with Crippen molar-refractivity contribution < 1.29 is 18.7 Å². The van der Waals surface area contributed by atoms with Gasteiger partial charge in [0, 0.05) is 11.3 Å². The van der Waals surface area contributed by atoms with E-state index in [1.165, 1.54) is 13.0 Å². The molecular formula is C9H6F2N2O2. The van der Waals surface area contributed by atoms with Crippen LogP contribution in [0.1, 0.15) is 33.7 Å². The van der Waals surface area contributed by atoms with Crippen LogP contribution in [0.15, 0.2) is 6.07 Å². The third kappa shape index (κ3) is 2.07. The molecule has 0 fully saturated rings. The number of nitrogens with zero attached hydrogens (tertiary/aromatic N) is 2. The largest absolute Gasteiger partial charge is 0.478 e. The summed E-state index contributed by atoms with van der Waals surface area (Å²) in [6.45, 7) is 1.42. The molecule has 0 aliphatic carbocycles. The number of hydrogen-bond donors (Lipinski definition) is 1. The van der Waals surface area contributed by atoms with Crippen molar-refractivity contribution >= 4 is 5.97 Å². The van der Waals surface area contributed by atoms with E-state index in [4.69, 9.17) is 10.4 Å². The fraction of sp³-hybridized carbons (Fsp3) is 0.222. The zero-order valence-corrected chi connectivity index (χ0v) is 7.66. The monoisotopic (exact) mass is 212 g/mol. The second kappa shape index (κ2) is 4.00. The second-order valence-corrected chi connectivity index (χ2v) is 2.79. The van der Waals surface area contributed by atoms with Crippen molar-refractivity contribution in [2.24, 2.45) is 0 Å². The molecule has 0 amide bonds. The maximum Gasteiger partial charge on any atom is 0.339 e. The van der Waals surface area contributed by atoms with Crippen LogP contribution < -0.4 is 0 Å². The molecule has 0 saturated carbocycles.